The second kappa shape index (κ2) is 11.7. The number of hydrogen-bond donors (Lipinski definition) is 1. The smallest absolute Gasteiger partial charge is 0.276 e. The largest absolute Gasteiger partial charge is 0.510 e. The van der Waals surface area contributed by atoms with Crippen molar-refractivity contribution in [3.05, 3.63) is 94.8 Å². The first kappa shape index (κ1) is 27.3. The number of aliphatic hydroxyl groups excluding tert-OH is 1. The zero-order valence-electron chi connectivity index (χ0n) is 21.3. The van der Waals surface area contributed by atoms with Gasteiger partial charge in [0.25, 0.3) is 11.8 Å². The maximum Gasteiger partial charge on any atom is 0.276 e. The van der Waals surface area contributed by atoms with Gasteiger partial charge in [-0.15, -0.1) is 0 Å². The highest BCUT2D eigenvalue weighted by atomic mass is 19.3. The molecule has 6 nitrogen and oxygen atoms in total. The molecule has 2 heterocycles. The highest BCUT2D eigenvalue weighted by Crippen LogP contribution is 2.30. The number of carbonyl (C=O) groups is 1. The maximum absolute atomic E-state index is 14.6. The van der Waals surface area contributed by atoms with E-state index in [1.807, 2.05) is 18.2 Å². The molecule has 0 radical (unpaired) electrons. The Balaban J connectivity index is 1.90. The second-order valence-electron chi connectivity index (χ2n) is 8.72. The number of amides is 1. The Morgan fingerprint density at radius 1 is 1.27 bits per heavy atom. The van der Waals surface area contributed by atoms with E-state index >= 15 is 0 Å². The number of alkyl halides is 2. The first-order valence-corrected chi connectivity index (χ1v) is 11.8. The number of halogens is 2. The van der Waals surface area contributed by atoms with E-state index < -0.39 is 11.8 Å². The lowest BCUT2D eigenvalue weighted by Gasteiger charge is -2.27. The van der Waals surface area contributed by atoms with E-state index in [1.165, 1.54) is 37.3 Å². The van der Waals surface area contributed by atoms with Gasteiger partial charge in [0.1, 0.15) is 5.76 Å². The molecule has 0 saturated carbocycles. The molecule has 1 aliphatic rings. The van der Waals surface area contributed by atoms with Crippen LogP contribution in [0.2, 0.25) is 0 Å². The van der Waals surface area contributed by atoms with Crippen molar-refractivity contribution in [3.63, 3.8) is 0 Å². The van der Waals surface area contributed by atoms with Crippen molar-refractivity contribution in [2.75, 3.05) is 13.1 Å². The summed E-state index contributed by atoms with van der Waals surface area (Å²) in [5.74, 6) is -4.20. The third kappa shape index (κ3) is 6.50. The van der Waals surface area contributed by atoms with E-state index in [0.29, 0.717) is 29.7 Å². The monoisotopic (exact) mass is 505 g/mol. The van der Waals surface area contributed by atoms with Gasteiger partial charge in [-0.2, -0.15) is 5.26 Å². The lowest BCUT2D eigenvalue weighted by molar-refractivity contribution is -0.127. The van der Waals surface area contributed by atoms with Crippen LogP contribution >= 0.6 is 0 Å². The summed E-state index contributed by atoms with van der Waals surface area (Å²) in [6, 6.07) is 11.1. The fourth-order valence-corrected chi connectivity index (χ4v) is 4.09. The minimum Gasteiger partial charge on any atom is -0.510 e. The Hall–Kier alpha value is -4.25. The number of nitriles is 1. The predicted octanol–water partition coefficient (Wildman–Crippen LogP) is 6.70. The SMILES string of the molecule is C\C=C(/C=C(\C(C)=N\C(C(=O)N1CC=C(c2ccccc2C#N)CC1)=C(/C)O)C(C)(F)F)c1ccoc1. The number of benzene rings is 1. The van der Waals surface area contributed by atoms with Crippen LogP contribution in [0.25, 0.3) is 11.1 Å². The summed E-state index contributed by atoms with van der Waals surface area (Å²) in [7, 11) is 0. The third-order valence-corrected chi connectivity index (χ3v) is 6.04. The van der Waals surface area contributed by atoms with Crippen LogP contribution in [0.15, 0.2) is 87.5 Å². The molecule has 1 aromatic heterocycles. The zero-order chi connectivity index (χ0) is 27.2. The normalized spacial score (nSPS) is 16.2. The van der Waals surface area contributed by atoms with Crippen LogP contribution in [0.4, 0.5) is 8.78 Å². The van der Waals surface area contributed by atoms with Gasteiger partial charge in [0.15, 0.2) is 5.70 Å². The molecule has 1 N–H and O–H groups in total. The van der Waals surface area contributed by atoms with Gasteiger partial charge in [-0.1, -0.05) is 30.4 Å². The zero-order valence-corrected chi connectivity index (χ0v) is 21.3. The molecular formula is C29H29F2N3O3. The van der Waals surface area contributed by atoms with E-state index in [4.69, 9.17) is 4.42 Å². The van der Waals surface area contributed by atoms with Crippen LogP contribution in [0.5, 0.6) is 0 Å². The molecule has 1 amide bonds. The molecule has 0 atom stereocenters. The highest BCUT2D eigenvalue weighted by Gasteiger charge is 2.31. The minimum absolute atomic E-state index is 0.0942. The fraction of sp³-hybridized carbons (Fsp3) is 0.276. The Kier molecular flexibility index (Phi) is 8.61. The van der Waals surface area contributed by atoms with Gasteiger partial charge in [0.05, 0.1) is 24.2 Å². The molecule has 0 bridgehead atoms. The number of rotatable bonds is 7. The van der Waals surface area contributed by atoms with Gasteiger partial charge in [0.2, 0.25) is 0 Å². The average Bonchev–Trinajstić information content (AvgIpc) is 3.41. The number of aliphatic hydroxyl groups is 1. The lowest BCUT2D eigenvalue weighted by atomic mass is 9.95. The molecule has 0 spiro atoms. The van der Waals surface area contributed by atoms with Crippen molar-refractivity contribution >= 4 is 22.8 Å². The number of aliphatic imine (C=N–C) groups is 1. The van der Waals surface area contributed by atoms with Gasteiger partial charge >= 0.3 is 0 Å². The lowest BCUT2D eigenvalue weighted by Crippen LogP contribution is -2.36. The maximum atomic E-state index is 14.6. The predicted molar refractivity (Wildman–Crippen MR) is 140 cm³/mol. The van der Waals surface area contributed by atoms with Crippen LogP contribution in [-0.2, 0) is 4.79 Å². The first-order chi connectivity index (χ1) is 17.6. The van der Waals surface area contributed by atoms with Crippen molar-refractivity contribution in [1.29, 1.82) is 5.26 Å². The molecule has 8 heteroatoms. The van der Waals surface area contributed by atoms with Crippen molar-refractivity contribution in [3.8, 4) is 6.07 Å². The number of nitrogens with zero attached hydrogens (tertiary/aromatic N) is 3. The van der Waals surface area contributed by atoms with E-state index in [1.54, 1.807) is 31.2 Å². The van der Waals surface area contributed by atoms with Crippen molar-refractivity contribution in [2.45, 2.75) is 40.0 Å². The molecule has 2 aromatic rings. The first-order valence-electron chi connectivity index (χ1n) is 11.8. The van der Waals surface area contributed by atoms with Crippen LogP contribution < -0.4 is 0 Å². The molecule has 3 rings (SSSR count). The summed E-state index contributed by atoms with van der Waals surface area (Å²) >= 11 is 0. The molecule has 1 aliphatic heterocycles. The van der Waals surface area contributed by atoms with E-state index in [2.05, 4.69) is 11.1 Å². The molecule has 0 saturated heterocycles. The van der Waals surface area contributed by atoms with Crippen LogP contribution in [-0.4, -0.2) is 40.6 Å². The standard InChI is InChI=1S/C29H29F2N3O3/c1-5-21(24-12-15-37-18-24)16-26(29(4,30)31)19(2)33-27(20(3)35)28(36)34-13-10-22(11-14-34)25-9-7-6-8-23(25)17-32/h5-10,12,15-16,18,35H,11,13-14H2,1-4H3/b21-5+,26-16+,27-20+,33-19+. The summed E-state index contributed by atoms with van der Waals surface area (Å²) in [6.45, 7) is 5.72. The van der Waals surface area contributed by atoms with Crippen molar-refractivity contribution in [2.24, 2.45) is 4.99 Å². The summed E-state index contributed by atoms with van der Waals surface area (Å²) in [5, 5.41) is 19.6. The Bertz CT molecular complexity index is 1350. The van der Waals surface area contributed by atoms with Crippen LogP contribution in [0.3, 0.4) is 0 Å². The van der Waals surface area contributed by atoms with Gasteiger partial charge in [-0.3, -0.25) is 4.79 Å². The van der Waals surface area contributed by atoms with Crippen molar-refractivity contribution in [1.82, 2.24) is 4.90 Å². The van der Waals surface area contributed by atoms with Gasteiger partial charge in [-0.05, 0) is 62.1 Å². The number of carbonyl (C=O) groups excluding carboxylic acids is 1. The Morgan fingerprint density at radius 3 is 2.54 bits per heavy atom. The van der Waals surface area contributed by atoms with E-state index in [0.717, 1.165) is 18.1 Å². The number of furan rings is 1. The molecule has 0 fully saturated rings. The second-order valence-corrected chi connectivity index (χ2v) is 8.72. The average molecular weight is 506 g/mol. The highest BCUT2D eigenvalue weighted by molar-refractivity contribution is 6.06. The van der Waals surface area contributed by atoms with Gasteiger partial charge in [0, 0.05) is 36.9 Å². The molecular weight excluding hydrogens is 476 g/mol. The minimum atomic E-state index is -3.26. The summed E-state index contributed by atoms with van der Waals surface area (Å²) in [5.41, 5.74) is 2.66. The van der Waals surface area contributed by atoms with Crippen molar-refractivity contribution < 1.29 is 23.1 Å². The molecule has 192 valence electrons. The van der Waals surface area contributed by atoms with E-state index in [-0.39, 0.29) is 29.3 Å². The summed E-state index contributed by atoms with van der Waals surface area (Å²) < 4.78 is 34.4. The molecule has 1 aromatic carbocycles. The van der Waals surface area contributed by atoms with Crippen LogP contribution in [0, 0.1) is 11.3 Å². The summed E-state index contributed by atoms with van der Waals surface area (Å²) in [6.07, 6.45) is 8.23. The van der Waals surface area contributed by atoms with Gasteiger partial charge < -0.3 is 14.4 Å². The van der Waals surface area contributed by atoms with Crippen LogP contribution in [0.1, 0.15) is 50.8 Å². The summed E-state index contributed by atoms with van der Waals surface area (Å²) in [4.78, 5) is 18.9. The quantitative estimate of drug-likeness (QED) is 0.196. The molecule has 0 aliphatic carbocycles. The third-order valence-electron chi connectivity index (χ3n) is 6.04. The topological polar surface area (TPSA) is 89.8 Å². The fourth-order valence-electron chi connectivity index (χ4n) is 4.09. The number of allylic oxidation sites excluding steroid dienone is 5. The van der Waals surface area contributed by atoms with E-state index in [9.17, 15) is 23.9 Å². The number of hydrogen-bond acceptors (Lipinski definition) is 5. The molecule has 0 unspecified atom stereocenters. The molecule has 37 heavy (non-hydrogen) atoms. The van der Waals surface area contributed by atoms with Gasteiger partial charge in [-0.25, -0.2) is 13.8 Å². The Morgan fingerprint density at radius 2 is 2.00 bits per heavy atom. The Labute approximate surface area is 215 Å².